The van der Waals surface area contributed by atoms with Crippen molar-refractivity contribution in [1.82, 2.24) is 15.1 Å². The van der Waals surface area contributed by atoms with E-state index in [9.17, 15) is 22.4 Å². The van der Waals surface area contributed by atoms with Crippen LogP contribution in [-0.2, 0) is 11.2 Å². The molecule has 5 rings (SSSR count). The Bertz CT molecular complexity index is 1240. The van der Waals surface area contributed by atoms with E-state index in [-0.39, 0.29) is 30.5 Å². The van der Waals surface area contributed by atoms with Crippen LogP contribution in [0.1, 0.15) is 76.5 Å². The fraction of sp³-hybridized carbons (Fsp3) is 0.533. The lowest BCUT2D eigenvalue weighted by molar-refractivity contribution is -0.187. The molecule has 0 saturated heterocycles. The average Bonchev–Trinajstić information content (AvgIpc) is 3.27. The predicted octanol–water partition coefficient (Wildman–Crippen LogP) is 7.33. The molecule has 4 nitrogen and oxygen atoms in total. The topological polar surface area (TPSA) is 46.9 Å². The van der Waals surface area contributed by atoms with E-state index in [1.165, 1.54) is 17.7 Å². The van der Waals surface area contributed by atoms with E-state index in [4.69, 9.17) is 0 Å². The van der Waals surface area contributed by atoms with Gasteiger partial charge in [0.1, 0.15) is 5.82 Å². The van der Waals surface area contributed by atoms with Gasteiger partial charge < -0.3 is 5.32 Å². The van der Waals surface area contributed by atoms with Gasteiger partial charge in [0, 0.05) is 23.8 Å². The minimum Gasteiger partial charge on any atom is -0.352 e. The largest absolute Gasteiger partial charge is 0.394 e. The smallest absolute Gasteiger partial charge is 0.352 e. The van der Waals surface area contributed by atoms with Crippen LogP contribution in [0.3, 0.4) is 0 Å². The van der Waals surface area contributed by atoms with Crippen molar-refractivity contribution >= 4 is 12.0 Å². The molecule has 1 saturated carbocycles. The van der Waals surface area contributed by atoms with Crippen LogP contribution in [0.2, 0.25) is 0 Å². The molecule has 1 unspecified atom stereocenters. The normalized spacial score (nSPS) is 26.5. The number of unbranched alkanes of at least 4 members (excludes halogenated alkanes) is 3. The standard InChI is InChI=1S/C30H35F4N3O/c1-3-4-5-6-7-27(38)36-28-23-13-8-20-16-26-19(18-35-37(26)22-11-9-21(31)10-12-22)17-29(20,2)24(23)14-15-25(28)30(32,33)34/h9-12,14,16,18,23,25,28H,3-8,13,15,17H2,1-2H3,(H,36,38)/t23?,25-,28-,29+/m1/s1. The number of benzene rings is 1. The number of aromatic nitrogens is 2. The molecule has 1 heterocycles. The maximum Gasteiger partial charge on any atom is 0.394 e. The average molecular weight is 530 g/mol. The van der Waals surface area contributed by atoms with Crippen molar-refractivity contribution < 1.29 is 22.4 Å². The van der Waals surface area contributed by atoms with Gasteiger partial charge in [0.25, 0.3) is 0 Å². The fourth-order valence-corrected chi connectivity index (χ4v) is 6.74. The molecule has 3 aliphatic carbocycles. The van der Waals surface area contributed by atoms with E-state index in [2.05, 4.69) is 30.3 Å². The van der Waals surface area contributed by atoms with Gasteiger partial charge in [-0.25, -0.2) is 9.07 Å². The van der Waals surface area contributed by atoms with Gasteiger partial charge in [0.15, 0.2) is 0 Å². The van der Waals surface area contributed by atoms with E-state index in [1.54, 1.807) is 29.1 Å². The van der Waals surface area contributed by atoms with Crippen molar-refractivity contribution in [2.24, 2.45) is 17.3 Å². The maximum absolute atomic E-state index is 14.1. The van der Waals surface area contributed by atoms with Crippen LogP contribution < -0.4 is 5.32 Å². The molecule has 8 heteroatoms. The zero-order chi connectivity index (χ0) is 27.1. The summed E-state index contributed by atoms with van der Waals surface area (Å²) in [7, 11) is 0. The second-order valence-corrected chi connectivity index (χ2v) is 11.2. The van der Waals surface area contributed by atoms with Gasteiger partial charge in [-0.15, -0.1) is 0 Å². The van der Waals surface area contributed by atoms with Crippen LogP contribution in [0.25, 0.3) is 11.8 Å². The number of nitrogens with one attached hydrogen (secondary N) is 1. The number of rotatable bonds is 7. The second kappa shape index (κ2) is 10.3. The first-order valence-electron chi connectivity index (χ1n) is 13.7. The molecule has 204 valence electrons. The number of nitrogens with zero attached hydrogens (tertiary/aromatic N) is 2. The van der Waals surface area contributed by atoms with Gasteiger partial charge in [-0.2, -0.15) is 18.3 Å². The number of allylic oxidation sites excluding steroid dienone is 2. The molecule has 0 spiro atoms. The van der Waals surface area contributed by atoms with E-state index < -0.39 is 23.6 Å². The Morgan fingerprint density at radius 1 is 1.18 bits per heavy atom. The number of alkyl halides is 3. The van der Waals surface area contributed by atoms with Crippen molar-refractivity contribution in [2.75, 3.05) is 0 Å². The number of carbonyl (C=O) groups excluding carboxylic acids is 1. The summed E-state index contributed by atoms with van der Waals surface area (Å²) in [5, 5.41) is 7.40. The van der Waals surface area contributed by atoms with Gasteiger partial charge in [-0.05, 0) is 68.0 Å². The molecule has 3 aliphatic rings. The quantitative estimate of drug-likeness (QED) is 0.232. The zero-order valence-electron chi connectivity index (χ0n) is 22.0. The number of halogens is 4. The monoisotopic (exact) mass is 529 g/mol. The summed E-state index contributed by atoms with van der Waals surface area (Å²) in [6.45, 7) is 4.20. The molecular weight excluding hydrogens is 494 g/mol. The molecule has 4 atom stereocenters. The molecule has 2 aromatic rings. The molecular formula is C30H35F4N3O. The molecule has 0 bridgehead atoms. The van der Waals surface area contributed by atoms with Crippen molar-refractivity contribution in [1.29, 1.82) is 0 Å². The minimum absolute atomic E-state index is 0.124. The van der Waals surface area contributed by atoms with Gasteiger partial charge >= 0.3 is 6.18 Å². The molecule has 38 heavy (non-hydrogen) atoms. The zero-order valence-corrected chi connectivity index (χ0v) is 22.0. The third-order valence-corrected chi connectivity index (χ3v) is 8.75. The third kappa shape index (κ3) is 4.94. The lowest BCUT2D eigenvalue weighted by Gasteiger charge is -2.51. The van der Waals surface area contributed by atoms with Gasteiger partial charge in [-0.3, -0.25) is 4.79 Å². The van der Waals surface area contributed by atoms with Gasteiger partial charge in [0.05, 0.1) is 23.5 Å². The predicted molar refractivity (Wildman–Crippen MR) is 139 cm³/mol. The minimum atomic E-state index is -4.38. The summed E-state index contributed by atoms with van der Waals surface area (Å²) >= 11 is 0. The second-order valence-electron chi connectivity index (χ2n) is 11.2. The lowest BCUT2D eigenvalue weighted by atomic mass is 9.55. The van der Waals surface area contributed by atoms with Crippen LogP contribution in [0.4, 0.5) is 17.6 Å². The first-order chi connectivity index (χ1) is 18.1. The number of fused-ring (bicyclic) bond motifs is 4. The molecule has 1 N–H and O–H groups in total. The Kier molecular flexibility index (Phi) is 7.27. The first-order valence-corrected chi connectivity index (χ1v) is 13.7. The molecule has 1 aromatic heterocycles. The van der Waals surface area contributed by atoms with Gasteiger partial charge in [-0.1, -0.05) is 50.3 Å². The van der Waals surface area contributed by atoms with E-state index >= 15 is 0 Å². The summed E-state index contributed by atoms with van der Waals surface area (Å²) in [4.78, 5) is 12.8. The van der Waals surface area contributed by atoms with Crippen LogP contribution in [-0.4, -0.2) is 27.9 Å². The molecule has 1 fully saturated rings. The highest BCUT2D eigenvalue weighted by Gasteiger charge is 2.54. The molecule has 1 amide bonds. The molecule has 1 aromatic carbocycles. The number of amides is 1. The van der Waals surface area contributed by atoms with Crippen LogP contribution in [0, 0.1) is 23.1 Å². The SMILES string of the molecule is CCCCCCC(=O)N[C@@H]1C2CCC3=Cc4c(cnn4-c4ccc(F)cc4)C[C@]3(C)C2=CC[C@H]1C(F)(F)F. The number of hydrogen-bond acceptors (Lipinski definition) is 2. The summed E-state index contributed by atoms with van der Waals surface area (Å²) in [5.74, 6) is -2.53. The summed E-state index contributed by atoms with van der Waals surface area (Å²) in [6, 6.07) is 5.22. The van der Waals surface area contributed by atoms with Crippen LogP contribution >= 0.6 is 0 Å². The Hall–Kier alpha value is -2.90. The maximum atomic E-state index is 14.1. The number of carbonyl (C=O) groups is 1. The highest BCUT2D eigenvalue weighted by atomic mass is 19.4. The van der Waals surface area contributed by atoms with E-state index in [0.717, 1.165) is 41.8 Å². The van der Waals surface area contributed by atoms with Crippen molar-refractivity contribution in [3.05, 3.63) is 64.8 Å². The Balaban J connectivity index is 1.43. The van der Waals surface area contributed by atoms with Crippen LogP contribution in [0.5, 0.6) is 0 Å². The Morgan fingerprint density at radius 2 is 1.95 bits per heavy atom. The molecule has 0 aliphatic heterocycles. The molecule has 0 radical (unpaired) electrons. The summed E-state index contributed by atoms with van der Waals surface area (Å²) in [6.07, 6.45) is 6.98. The summed E-state index contributed by atoms with van der Waals surface area (Å²) in [5.41, 5.74) is 4.46. The summed E-state index contributed by atoms with van der Waals surface area (Å²) < 4.78 is 57.7. The third-order valence-electron chi connectivity index (χ3n) is 8.75. The van der Waals surface area contributed by atoms with E-state index in [0.29, 0.717) is 25.7 Å². The van der Waals surface area contributed by atoms with E-state index in [1.807, 2.05) is 0 Å². The number of hydrogen-bond donors (Lipinski definition) is 1. The van der Waals surface area contributed by atoms with Crippen molar-refractivity contribution in [2.45, 2.75) is 83.9 Å². The van der Waals surface area contributed by atoms with Crippen molar-refractivity contribution in [3.63, 3.8) is 0 Å². The van der Waals surface area contributed by atoms with Gasteiger partial charge in [0.2, 0.25) is 5.91 Å². The highest BCUT2D eigenvalue weighted by Crippen LogP contribution is 2.57. The van der Waals surface area contributed by atoms with Crippen LogP contribution in [0.15, 0.2) is 47.7 Å². The fourth-order valence-electron chi connectivity index (χ4n) is 6.74. The Labute approximate surface area is 221 Å². The van der Waals surface area contributed by atoms with Crippen molar-refractivity contribution in [3.8, 4) is 5.69 Å². The Morgan fingerprint density at radius 3 is 2.66 bits per heavy atom. The first kappa shape index (κ1) is 26.7. The lowest BCUT2D eigenvalue weighted by Crippen LogP contribution is -2.55. The highest BCUT2D eigenvalue weighted by molar-refractivity contribution is 5.76.